The van der Waals surface area contributed by atoms with Crippen molar-refractivity contribution in [2.24, 2.45) is 0 Å². The third-order valence-electron chi connectivity index (χ3n) is 2.17. The van der Waals surface area contributed by atoms with Crippen molar-refractivity contribution >= 4 is 43.5 Å². The van der Waals surface area contributed by atoms with E-state index >= 15 is 0 Å². The smallest absolute Gasteiger partial charge is 0.255 e. The van der Waals surface area contributed by atoms with Crippen LogP contribution in [0.3, 0.4) is 0 Å². The zero-order valence-electron chi connectivity index (χ0n) is 8.95. The Bertz CT molecular complexity index is 604. The molecule has 0 saturated carbocycles. The molecule has 0 aliphatic heterocycles. The maximum Gasteiger partial charge on any atom is 0.255 e. The summed E-state index contributed by atoms with van der Waals surface area (Å²) in [6.45, 7) is 0. The molecule has 0 atom stereocenters. The minimum atomic E-state index is -0.375. The average Bonchev–Trinajstić information content (AvgIpc) is 2.34. The third-order valence-corrected chi connectivity index (χ3v) is 3.21. The van der Waals surface area contributed by atoms with Crippen LogP contribution in [0.4, 0.5) is 10.1 Å². The molecule has 1 amide bonds. The molecule has 1 N–H and O–H groups in total. The molecule has 0 aliphatic rings. The molecule has 1 aromatic heterocycles. The Balaban J connectivity index is 2.18. The fourth-order valence-corrected chi connectivity index (χ4v) is 2.06. The molecule has 0 fully saturated rings. The van der Waals surface area contributed by atoms with Crippen LogP contribution >= 0.6 is 31.9 Å². The minimum Gasteiger partial charge on any atom is -0.322 e. The van der Waals surface area contributed by atoms with Crippen molar-refractivity contribution in [2.75, 3.05) is 5.32 Å². The molecule has 1 aromatic carbocycles. The van der Waals surface area contributed by atoms with Gasteiger partial charge in [0.15, 0.2) is 0 Å². The predicted octanol–water partition coefficient (Wildman–Crippen LogP) is 4.00. The van der Waals surface area contributed by atoms with E-state index in [9.17, 15) is 9.18 Å². The van der Waals surface area contributed by atoms with Gasteiger partial charge >= 0.3 is 0 Å². The Kier molecular flexibility index (Phi) is 4.08. The summed E-state index contributed by atoms with van der Waals surface area (Å²) in [6, 6.07) is 7.48. The van der Waals surface area contributed by atoms with Gasteiger partial charge in [0.25, 0.3) is 5.91 Å². The highest BCUT2D eigenvalue weighted by molar-refractivity contribution is 9.10. The quantitative estimate of drug-likeness (QED) is 0.808. The molecular formula is C12H7Br2FN2O. The number of carbonyl (C=O) groups excluding carboxylic acids is 1. The van der Waals surface area contributed by atoms with E-state index in [2.05, 4.69) is 42.2 Å². The first-order valence-corrected chi connectivity index (χ1v) is 6.53. The number of nitrogens with one attached hydrogen (secondary N) is 1. The Morgan fingerprint density at radius 1 is 1.22 bits per heavy atom. The van der Waals surface area contributed by atoms with Gasteiger partial charge in [-0.25, -0.2) is 9.37 Å². The van der Waals surface area contributed by atoms with E-state index in [0.717, 1.165) is 0 Å². The predicted molar refractivity (Wildman–Crippen MR) is 74.0 cm³/mol. The maximum absolute atomic E-state index is 13.0. The lowest BCUT2D eigenvalue weighted by Gasteiger charge is -2.06. The van der Waals surface area contributed by atoms with Crippen LogP contribution in [0.15, 0.2) is 45.6 Å². The largest absolute Gasteiger partial charge is 0.322 e. The van der Waals surface area contributed by atoms with Gasteiger partial charge in [0.05, 0.1) is 4.47 Å². The number of hydrogen-bond donors (Lipinski definition) is 1. The topological polar surface area (TPSA) is 42.0 Å². The number of rotatable bonds is 2. The van der Waals surface area contributed by atoms with Gasteiger partial charge in [-0.3, -0.25) is 4.79 Å². The number of anilines is 1. The fourth-order valence-electron chi connectivity index (χ4n) is 1.32. The standard InChI is InChI=1S/C12H7Br2FN2O/c13-9-6-8(1-2-10(9)15)17-12(18)7-3-4-16-11(14)5-7/h1-6H,(H,17,18). The van der Waals surface area contributed by atoms with Gasteiger partial charge in [-0.15, -0.1) is 0 Å². The molecule has 2 rings (SSSR count). The van der Waals surface area contributed by atoms with Crippen molar-refractivity contribution in [3.05, 3.63) is 57.0 Å². The van der Waals surface area contributed by atoms with Crippen molar-refractivity contribution in [3.63, 3.8) is 0 Å². The summed E-state index contributed by atoms with van der Waals surface area (Å²) in [5.74, 6) is -0.656. The van der Waals surface area contributed by atoms with E-state index in [4.69, 9.17) is 0 Å². The lowest BCUT2D eigenvalue weighted by atomic mass is 10.2. The maximum atomic E-state index is 13.0. The van der Waals surface area contributed by atoms with E-state index in [1.165, 1.54) is 24.4 Å². The number of halogens is 3. The van der Waals surface area contributed by atoms with E-state index in [-0.39, 0.29) is 11.7 Å². The highest BCUT2D eigenvalue weighted by Gasteiger charge is 2.08. The van der Waals surface area contributed by atoms with Crippen LogP contribution in [0.25, 0.3) is 0 Å². The van der Waals surface area contributed by atoms with Crippen LogP contribution in [0.5, 0.6) is 0 Å². The van der Waals surface area contributed by atoms with Crippen LogP contribution in [0.2, 0.25) is 0 Å². The Labute approximate surface area is 120 Å². The van der Waals surface area contributed by atoms with Crippen molar-refractivity contribution < 1.29 is 9.18 Å². The molecule has 6 heteroatoms. The van der Waals surface area contributed by atoms with Crippen LogP contribution < -0.4 is 5.32 Å². The normalized spacial score (nSPS) is 10.2. The second-order valence-corrected chi connectivity index (χ2v) is 5.12. The Morgan fingerprint density at radius 2 is 2.00 bits per heavy atom. The summed E-state index contributed by atoms with van der Waals surface area (Å²) in [7, 11) is 0. The molecule has 0 bridgehead atoms. The van der Waals surface area contributed by atoms with Gasteiger partial charge in [-0.2, -0.15) is 0 Å². The monoisotopic (exact) mass is 372 g/mol. The third kappa shape index (κ3) is 3.14. The summed E-state index contributed by atoms with van der Waals surface area (Å²) in [5.41, 5.74) is 0.985. The Hall–Kier alpha value is -1.27. The number of pyridine rings is 1. The van der Waals surface area contributed by atoms with Crippen LogP contribution in [0, 0.1) is 5.82 Å². The van der Waals surface area contributed by atoms with Gasteiger partial charge in [0, 0.05) is 17.4 Å². The van der Waals surface area contributed by atoms with Crippen LogP contribution in [-0.2, 0) is 0 Å². The lowest BCUT2D eigenvalue weighted by Crippen LogP contribution is -2.12. The molecule has 3 nitrogen and oxygen atoms in total. The van der Waals surface area contributed by atoms with Crippen molar-refractivity contribution in [1.29, 1.82) is 0 Å². The summed E-state index contributed by atoms with van der Waals surface area (Å²) in [4.78, 5) is 15.8. The molecule has 18 heavy (non-hydrogen) atoms. The van der Waals surface area contributed by atoms with Gasteiger partial charge in [-0.1, -0.05) is 0 Å². The van der Waals surface area contributed by atoms with E-state index in [0.29, 0.717) is 20.3 Å². The summed E-state index contributed by atoms with van der Waals surface area (Å²) >= 11 is 6.25. The highest BCUT2D eigenvalue weighted by atomic mass is 79.9. The van der Waals surface area contributed by atoms with E-state index in [1.807, 2.05) is 0 Å². The Morgan fingerprint density at radius 3 is 2.67 bits per heavy atom. The number of benzene rings is 1. The highest BCUT2D eigenvalue weighted by Crippen LogP contribution is 2.20. The SMILES string of the molecule is O=C(Nc1ccc(F)c(Br)c1)c1ccnc(Br)c1. The molecule has 0 spiro atoms. The molecule has 2 aromatic rings. The number of carbonyl (C=O) groups is 1. The number of hydrogen-bond acceptors (Lipinski definition) is 2. The van der Waals surface area contributed by atoms with Gasteiger partial charge in [0.2, 0.25) is 0 Å². The van der Waals surface area contributed by atoms with Crippen molar-refractivity contribution in [1.82, 2.24) is 4.98 Å². The fraction of sp³-hybridized carbons (Fsp3) is 0. The first-order valence-electron chi connectivity index (χ1n) is 4.94. The summed E-state index contributed by atoms with van der Waals surface area (Å²) < 4.78 is 13.9. The molecule has 0 unspecified atom stereocenters. The molecule has 0 saturated heterocycles. The zero-order chi connectivity index (χ0) is 13.1. The molecular weight excluding hydrogens is 367 g/mol. The molecule has 1 heterocycles. The van der Waals surface area contributed by atoms with Gasteiger partial charge < -0.3 is 5.32 Å². The van der Waals surface area contributed by atoms with Gasteiger partial charge in [-0.05, 0) is 62.2 Å². The average molecular weight is 374 g/mol. The number of nitrogens with zero attached hydrogens (tertiary/aromatic N) is 1. The minimum absolute atomic E-state index is 0.281. The van der Waals surface area contributed by atoms with Crippen LogP contribution in [-0.4, -0.2) is 10.9 Å². The van der Waals surface area contributed by atoms with E-state index in [1.54, 1.807) is 12.1 Å². The zero-order valence-corrected chi connectivity index (χ0v) is 12.1. The van der Waals surface area contributed by atoms with Crippen molar-refractivity contribution in [3.8, 4) is 0 Å². The first-order chi connectivity index (χ1) is 8.56. The van der Waals surface area contributed by atoms with Crippen molar-refractivity contribution in [2.45, 2.75) is 0 Å². The molecule has 0 radical (unpaired) electrons. The lowest BCUT2D eigenvalue weighted by molar-refractivity contribution is 0.102. The van der Waals surface area contributed by atoms with Crippen LogP contribution in [0.1, 0.15) is 10.4 Å². The summed E-state index contributed by atoms with van der Waals surface area (Å²) in [5, 5.41) is 2.67. The molecule has 0 aliphatic carbocycles. The first kappa shape index (κ1) is 13.2. The number of amides is 1. The second-order valence-electron chi connectivity index (χ2n) is 3.45. The molecule has 92 valence electrons. The summed E-state index contributed by atoms with van der Waals surface area (Å²) in [6.07, 6.45) is 1.53. The number of aromatic nitrogens is 1. The second kappa shape index (κ2) is 5.58. The van der Waals surface area contributed by atoms with E-state index < -0.39 is 0 Å². The van der Waals surface area contributed by atoms with Gasteiger partial charge in [0.1, 0.15) is 10.4 Å².